The van der Waals surface area contributed by atoms with Crippen LogP contribution in [0.5, 0.6) is 0 Å². The molecule has 1 fully saturated rings. The number of pyridine rings is 1. The first-order valence-corrected chi connectivity index (χ1v) is 10.3. The lowest BCUT2D eigenvalue weighted by Crippen LogP contribution is -2.43. The van der Waals surface area contributed by atoms with Crippen LogP contribution in [0.15, 0.2) is 24.5 Å². The molecule has 0 N–H and O–H groups in total. The zero-order valence-electron chi connectivity index (χ0n) is 17.5. The average molecular weight is 438 g/mol. The Balaban J connectivity index is 1.65. The third-order valence-corrected chi connectivity index (χ3v) is 5.53. The quantitative estimate of drug-likeness (QED) is 0.639. The maximum atomic E-state index is 12.7. The normalized spacial score (nSPS) is 15.0. The van der Waals surface area contributed by atoms with Gasteiger partial charge in [-0.3, -0.25) is 4.79 Å². The molecule has 0 radical (unpaired) electrons. The van der Waals surface area contributed by atoms with Gasteiger partial charge in [0.15, 0.2) is 12.4 Å². The summed E-state index contributed by atoms with van der Waals surface area (Å²) in [6.07, 6.45) is 2.73. The number of ether oxygens (including phenoxy) is 1. The Hall–Kier alpha value is -2.91. The molecule has 2 aromatic heterocycles. The topological polar surface area (TPSA) is 77.3 Å². The summed E-state index contributed by atoms with van der Waals surface area (Å²) in [7, 11) is 0. The van der Waals surface area contributed by atoms with Crippen LogP contribution in [0.4, 0.5) is 13.2 Å². The van der Waals surface area contributed by atoms with Crippen molar-refractivity contribution in [2.24, 2.45) is 0 Å². The van der Waals surface area contributed by atoms with Gasteiger partial charge in [0.05, 0.1) is 17.5 Å². The largest absolute Gasteiger partial charge is 0.452 e. The molecule has 1 saturated carbocycles. The van der Waals surface area contributed by atoms with E-state index in [0.717, 1.165) is 31.7 Å². The molecule has 0 saturated heterocycles. The molecule has 3 rings (SSSR count). The fourth-order valence-electron chi connectivity index (χ4n) is 3.84. The molecule has 168 valence electrons. The van der Waals surface area contributed by atoms with Crippen molar-refractivity contribution < 1.29 is 27.5 Å². The maximum Gasteiger partial charge on any atom is 0.417 e. The molecule has 0 unspecified atom stereocenters. The Morgan fingerprint density at radius 2 is 1.90 bits per heavy atom. The van der Waals surface area contributed by atoms with Gasteiger partial charge >= 0.3 is 12.1 Å². The number of hydrogen-bond donors (Lipinski definition) is 0. The van der Waals surface area contributed by atoms with Crippen LogP contribution in [0.25, 0.3) is 5.82 Å². The number of nitrogens with zero attached hydrogens (tertiary/aromatic N) is 4. The Morgan fingerprint density at radius 3 is 2.48 bits per heavy atom. The first-order chi connectivity index (χ1) is 14.7. The lowest BCUT2D eigenvalue weighted by atomic mass is 9.94. The number of likely N-dealkylation sites (N-methyl/N-ethyl adjacent to an activating group) is 1. The van der Waals surface area contributed by atoms with E-state index >= 15 is 0 Å². The minimum absolute atomic E-state index is 0.121. The summed E-state index contributed by atoms with van der Waals surface area (Å²) < 4.78 is 44.6. The molecule has 7 nitrogen and oxygen atoms in total. The average Bonchev–Trinajstić information content (AvgIpc) is 3.14. The monoisotopic (exact) mass is 438 g/mol. The van der Waals surface area contributed by atoms with E-state index in [2.05, 4.69) is 10.1 Å². The third kappa shape index (κ3) is 5.23. The van der Waals surface area contributed by atoms with Crippen LogP contribution >= 0.6 is 0 Å². The Morgan fingerprint density at radius 1 is 1.19 bits per heavy atom. The molecule has 0 bridgehead atoms. The van der Waals surface area contributed by atoms with Gasteiger partial charge in [0.25, 0.3) is 5.91 Å². The summed E-state index contributed by atoms with van der Waals surface area (Å²) in [6, 6.07) is 2.25. The number of hydrogen-bond acceptors (Lipinski definition) is 5. The predicted octanol–water partition coefficient (Wildman–Crippen LogP) is 3.93. The molecule has 2 heterocycles. The van der Waals surface area contributed by atoms with Crippen LogP contribution in [-0.4, -0.2) is 50.7 Å². The molecular weight excluding hydrogens is 413 g/mol. The van der Waals surface area contributed by atoms with E-state index in [-0.39, 0.29) is 29.9 Å². The van der Waals surface area contributed by atoms with Gasteiger partial charge in [0.1, 0.15) is 5.56 Å². The maximum absolute atomic E-state index is 12.7. The molecule has 1 aliphatic rings. The molecule has 1 aliphatic carbocycles. The lowest BCUT2D eigenvalue weighted by Gasteiger charge is -2.33. The molecule has 0 aromatic carbocycles. The van der Waals surface area contributed by atoms with E-state index in [0.29, 0.717) is 18.4 Å². The van der Waals surface area contributed by atoms with Gasteiger partial charge < -0.3 is 9.64 Å². The Labute approximate surface area is 178 Å². The first-order valence-electron chi connectivity index (χ1n) is 10.3. The van der Waals surface area contributed by atoms with Gasteiger partial charge in [-0.05, 0) is 38.8 Å². The van der Waals surface area contributed by atoms with E-state index in [1.54, 1.807) is 11.8 Å². The minimum Gasteiger partial charge on any atom is -0.452 e. The molecule has 31 heavy (non-hydrogen) atoms. The highest BCUT2D eigenvalue weighted by Crippen LogP contribution is 2.29. The smallest absolute Gasteiger partial charge is 0.417 e. The summed E-state index contributed by atoms with van der Waals surface area (Å²) in [4.78, 5) is 30.6. The van der Waals surface area contributed by atoms with Gasteiger partial charge in [-0.15, -0.1) is 0 Å². The van der Waals surface area contributed by atoms with E-state index in [4.69, 9.17) is 4.74 Å². The summed E-state index contributed by atoms with van der Waals surface area (Å²) >= 11 is 0. The first kappa shape index (κ1) is 22.8. The van der Waals surface area contributed by atoms with E-state index in [1.165, 1.54) is 23.4 Å². The molecule has 0 aliphatic heterocycles. The van der Waals surface area contributed by atoms with Gasteiger partial charge in [-0.25, -0.2) is 14.5 Å². The van der Waals surface area contributed by atoms with Gasteiger partial charge in [-0.2, -0.15) is 18.3 Å². The number of amides is 1. The summed E-state index contributed by atoms with van der Waals surface area (Å²) in [5.74, 6) is -0.823. The molecule has 1 amide bonds. The zero-order chi connectivity index (χ0) is 22.6. The number of aromatic nitrogens is 3. The van der Waals surface area contributed by atoms with Crippen molar-refractivity contribution in [3.05, 3.63) is 41.3 Å². The van der Waals surface area contributed by atoms with Crippen LogP contribution in [-0.2, 0) is 15.7 Å². The zero-order valence-corrected chi connectivity index (χ0v) is 17.5. The van der Waals surface area contributed by atoms with Gasteiger partial charge in [0.2, 0.25) is 0 Å². The van der Waals surface area contributed by atoms with E-state index < -0.39 is 17.7 Å². The van der Waals surface area contributed by atoms with Crippen molar-refractivity contribution in [1.29, 1.82) is 0 Å². The number of alkyl halides is 3. The standard InChI is InChI=1S/C21H25F3N4O3/c1-3-27(16-7-5-4-6-8-16)19(29)13-31-20(30)17-12-26-28(14(17)2)18-10-9-15(11-25-18)21(22,23)24/h9-12,16H,3-8,13H2,1-2H3. The highest BCUT2D eigenvalue weighted by atomic mass is 19.4. The predicted molar refractivity (Wildman–Crippen MR) is 106 cm³/mol. The highest BCUT2D eigenvalue weighted by molar-refractivity contribution is 5.92. The fourth-order valence-corrected chi connectivity index (χ4v) is 3.84. The molecular formula is C21H25F3N4O3. The van der Waals surface area contributed by atoms with Crippen molar-refractivity contribution in [2.75, 3.05) is 13.2 Å². The minimum atomic E-state index is -4.49. The summed E-state index contributed by atoms with van der Waals surface area (Å²) in [6.45, 7) is 3.66. The number of rotatable bonds is 6. The van der Waals surface area contributed by atoms with Crippen molar-refractivity contribution in [1.82, 2.24) is 19.7 Å². The van der Waals surface area contributed by atoms with Crippen molar-refractivity contribution in [3.8, 4) is 5.82 Å². The van der Waals surface area contributed by atoms with Crippen molar-refractivity contribution >= 4 is 11.9 Å². The van der Waals surface area contributed by atoms with E-state index in [1.807, 2.05) is 6.92 Å². The summed E-state index contributed by atoms with van der Waals surface area (Å²) in [5.41, 5.74) is -0.405. The fraction of sp³-hybridized carbons (Fsp3) is 0.524. The second-order valence-electron chi connectivity index (χ2n) is 7.51. The number of esters is 1. The lowest BCUT2D eigenvalue weighted by molar-refractivity contribution is -0.138. The van der Waals surface area contributed by atoms with Crippen LogP contribution in [0, 0.1) is 6.92 Å². The van der Waals surface area contributed by atoms with E-state index in [9.17, 15) is 22.8 Å². The summed E-state index contributed by atoms with van der Waals surface area (Å²) in [5, 5.41) is 4.03. The third-order valence-electron chi connectivity index (χ3n) is 5.53. The van der Waals surface area contributed by atoms with Crippen LogP contribution in [0.3, 0.4) is 0 Å². The number of halogens is 3. The second kappa shape index (κ2) is 9.49. The van der Waals surface area contributed by atoms with Gasteiger partial charge in [0, 0.05) is 18.8 Å². The molecule has 2 aromatic rings. The van der Waals surface area contributed by atoms with Crippen LogP contribution < -0.4 is 0 Å². The molecule has 10 heteroatoms. The Kier molecular flexibility index (Phi) is 6.97. The van der Waals surface area contributed by atoms with Crippen molar-refractivity contribution in [3.63, 3.8) is 0 Å². The van der Waals surface area contributed by atoms with Crippen molar-refractivity contribution in [2.45, 2.75) is 58.2 Å². The highest BCUT2D eigenvalue weighted by Gasteiger charge is 2.31. The van der Waals surface area contributed by atoms with Gasteiger partial charge in [-0.1, -0.05) is 19.3 Å². The Bertz CT molecular complexity index is 919. The second-order valence-corrected chi connectivity index (χ2v) is 7.51. The van der Waals surface area contributed by atoms with Crippen LogP contribution in [0.1, 0.15) is 60.6 Å². The van der Waals surface area contributed by atoms with Crippen LogP contribution in [0.2, 0.25) is 0 Å². The number of carbonyl (C=O) groups excluding carboxylic acids is 2. The number of carbonyl (C=O) groups is 2. The SMILES string of the molecule is CCN(C(=O)COC(=O)c1cnn(-c2ccc(C(F)(F)F)cn2)c1C)C1CCCCC1. The molecule has 0 spiro atoms. The molecule has 0 atom stereocenters.